The van der Waals surface area contributed by atoms with Gasteiger partial charge in [-0.1, -0.05) is 99.0 Å². The van der Waals surface area contributed by atoms with Gasteiger partial charge in [-0.05, 0) is 52.9 Å². The Balaban J connectivity index is 1.50. The van der Waals surface area contributed by atoms with Crippen molar-refractivity contribution < 1.29 is 4.74 Å². The van der Waals surface area contributed by atoms with Crippen LogP contribution >= 0.6 is 0 Å². The number of ether oxygens (including phenoxy) is 1. The van der Waals surface area contributed by atoms with Crippen LogP contribution in [-0.2, 0) is 0 Å². The number of nitrogens with zero attached hydrogens (tertiary/aromatic N) is 1. The molecule has 156 valence electrons. The van der Waals surface area contributed by atoms with Crippen LogP contribution in [0, 0.1) is 11.3 Å². The monoisotopic (exact) mass is 407 g/mol. The molecule has 0 aliphatic heterocycles. The molecule has 0 aromatic heterocycles. The zero-order valence-electron chi connectivity index (χ0n) is 18.1. The second-order valence-corrected chi connectivity index (χ2v) is 7.55. The molecule has 2 nitrogen and oxygen atoms in total. The Labute approximate surface area is 186 Å². The smallest absolute Gasteiger partial charge is 0.119 e. The second kappa shape index (κ2) is 12.2. The summed E-state index contributed by atoms with van der Waals surface area (Å²) in [7, 11) is 0. The Hall–Kier alpha value is -3.57. The van der Waals surface area contributed by atoms with E-state index < -0.39 is 0 Å². The zero-order valence-corrected chi connectivity index (χ0v) is 18.1. The van der Waals surface area contributed by atoms with E-state index in [2.05, 4.69) is 73.7 Å². The minimum atomic E-state index is 0.679. The van der Waals surface area contributed by atoms with Crippen LogP contribution in [0.15, 0.2) is 72.8 Å². The van der Waals surface area contributed by atoms with E-state index >= 15 is 0 Å². The maximum atomic E-state index is 8.87. The van der Waals surface area contributed by atoms with Gasteiger partial charge in [0.15, 0.2) is 0 Å². The minimum absolute atomic E-state index is 0.679. The Morgan fingerprint density at radius 2 is 1.10 bits per heavy atom. The predicted molar refractivity (Wildman–Crippen MR) is 132 cm³/mol. The van der Waals surface area contributed by atoms with Crippen molar-refractivity contribution >= 4 is 24.3 Å². The molecule has 0 spiro atoms. The van der Waals surface area contributed by atoms with Crippen LogP contribution in [0.25, 0.3) is 24.3 Å². The highest BCUT2D eigenvalue weighted by Gasteiger charge is 1.95. The molecule has 0 unspecified atom stereocenters. The summed E-state index contributed by atoms with van der Waals surface area (Å²) in [5.41, 5.74) is 5.21. The third-order valence-corrected chi connectivity index (χ3v) is 5.06. The van der Waals surface area contributed by atoms with Gasteiger partial charge in [-0.25, -0.2) is 0 Å². The molecule has 0 aliphatic rings. The fraction of sp³-hybridized carbons (Fsp3) is 0.207. The summed E-state index contributed by atoms with van der Waals surface area (Å²) in [5, 5.41) is 8.87. The summed E-state index contributed by atoms with van der Waals surface area (Å²) < 4.78 is 5.81. The molecule has 3 rings (SSSR count). The lowest BCUT2D eigenvalue weighted by Gasteiger charge is -2.06. The van der Waals surface area contributed by atoms with Gasteiger partial charge < -0.3 is 4.74 Å². The highest BCUT2D eigenvalue weighted by molar-refractivity contribution is 5.73. The van der Waals surface area contributed by atoms with Crippen LogP contribution in [0.1, 0.15) is 60.4 Å². The van der Waals surface area contributed by atoms with Gasteiger partial charge in [0.1, 0.15) is 5.75 Å². The Kier molecular flexibility index (Phi) is 8.71. The molecule has 0 saturated carbocycles. The largest absolute Gasteiger partial charge is 0.494 e. The number of benzene rings is 3. The first-order valence-corrected chi connectivity index (χ1v) is 11.0. The van der Waals surface area contributed by atoms with Crippen molar-refractivity contribution in [1.29, 1.82) is 5.26 Å². The molecule has 0 amide bonds. The normalized spacial score (nSPS) is 11.1. The highest BCUT2D eigenvalue weighted by Crippen LogP contribution is 2.16. The van der Waals surface area contributed by atoms with Crippen LogP contribution in [0.2, 0.25) is 0 Å². The van der Waals surface area contributed by atoms with Crippen LogP contribution in [0.3, 0.4) is 0 Å². The van der Waals surface area contributed by atoms with Crippen molar-refractivity contribution in [2.24, 2.45) is 0 Å². The lowest BCUT2D eigenvalue weighted by Crippen LogP contribution is -1.96. The molecule has 0 aliphatic carbocycles. The first-order valence-electron chi connectivity index (χ1n) is 11.0. The second-order valence-electron chi connectivity index (χ2n) is 7.55. The van der Waals surface area contributed by atoms with Crippen molar-refractivity contribution in [1.82, 2.24) is 0 Å². The third-order valence-electron chi connectivity index (χ3n) is 5.06. The molecule has 0 fully saturated rings. The van der Waals surface area contributed by atoms with E-state index in [1.807, 2.05) is 36.4 Å². The summed E-state index contributed by atoms with van der Waals surface area (Å²) in [4.78, 5) is 0. The molecule has 0 bridgehead atoms. The van der Waals surface area contributed by atoms with Crippen molar-refractivity contribution in [3.63, 3.8) is 0 Å². The first kappa shape index (κ1) is 22.1. The van der Waals surface area contributed by atoms with Crippen molar-refractivity contribution in [2.45, 2.75) is 32.6 Å². The molecule has 31 heavy (non-hydrogen) atoms. The fourth-order valence-corrected chi connectivity index (χ4v) is 3.17. The molecule has 2 heteroatoms. The van der Waals surface area contributed by atoms with E-state index in [1.54, 1.807) is 0 Å². The standard InChI is InChI=1S/C29H29NO/c1-2-3-4-5-22-31-29-20-18-27(19-21-29)13-12-25-8-6-24(7-9-25)10-11-26-14-16-28(23-30)17-15-26/h6-21H,2-5,22H2,1H3/b11-10+,13-12+. The van der Waals surface area contributed by atoms with Crippen molar-refractivity contribution in [3.05, 3.63) is 101 Å². The van der Waals surface area contributed by atoms with Gasteiger partial charge in [-0.15, -0.1) is 0 Å². The summed E-state index contributed by atoms with van der Waals surface area (Å²) >= 11 is 0. The summed E-state index contributed by atoms with van der Waals surface area (Å²) in [6, 6.07) is 26.4. The predicted octanol–water partition coefficient (Wildman–Crippen LogP) is 7.86. The topological polar surface area (TPSA) is 33.0 Å². The SMILES string of the molecule is CCCCCCOc1ccc(/C=C/c2ccc(/C=C/c3ccc(C#N)cc3)cc2)cc1. The van der Waals surface area contributed by atoms with E-state index in [0.717, 1.165) is 41.0 Å². The number of hydrogen-bond donors (Lipinski definition) is 0. The lowest BCUT2D eigenvalue weighted by atomic mass is 10.1. The first-order chi connectivity index (χ1) is 15.3. The van der Waals surface area contributed by atoms with Gasteiger partial charge >= 0.3 is 0 Å². The van der Waals surface area contributed by atoms with E-state index in [9.17, 15) is 0 Å². The minimum Gasteiger partial charge on any atom is -0.494 e. The zero-order chi connectivity index (χ0) is 21.7. The van der Waals surface area contributed by atoms with Gasteiger partial charge in [-0.2, -0.15) is 5.26 Å². The average Bonchev–Trinajstić information content (AvgIpc) is 2.83. The number of rotatable bonds is 10. The third kappa shape index (κ3) is 7.64. The molecule has 0 atom stereocenters. The Morgan fingerprint density at radius 3 is 1.55 bits per heavy atom. The van der Waals surface area contributed by atoms with E-state index in [1.165, 1.54) is 19.3 Å². The van der Waals surface area contributed by atoms with E-state index in [4.69, 9.17) is 10.00 Å². The van der Waals surface area contributed by atoms with E-state index in [0.29, 0.717) is 5.56 Å². The molecular formula is C29H29NO. The van der Waals surface area contributed by atoms with Gasteiger partial charge in [0.05, 0.1) is 18.2 Å². The lowest BCUT2D eigenvalue weighted by molar-refractivity contribution is 0.305. The van der Waals surface area contributed by atoms with Crippen LogP contribution in [0.4, 0.5) is 0 Å². The quantitative estimate of drug-likeness (QED) is 0.253. The molecular weight excluding hydrogens is 378 g/mol. The number of hydrogen-bond acceptors (Lipinski definition) is 2. The summed E-state index contributed by atoms with van der Waals surface area (Å²) in [5.74, 6) is 0.937. The van der Waals surface area contributed by atoms with Crippen LogP contribution in [0.5, 0.6) is 5.75 Å². The van der Waals surface area contributed by atoms with Crippen LogP contribution in [-0.4, -0.2) is 6.61 Å². The highest BCUT2D eigenvalue weighted by atomic mass is 16.5. The maximum absolute atomic E-state index is 8.87. The summed E-state index contributed by atoms with van der Waals surface area (Å²) in [6.07, 6.45) is 13.3. The molecule has 0 saturated heterocycles. The number of unbranched alkanes of at least 4 members (excludes halogenated alkanes) is 3. The molecule has 0 radical (unpaired) electrons. The fourth-order valence-electron chi connectivity index (χ4n) is 3.17. The maximum Gasteiger partial charge on any atom is 0.119 e. The van der Waals surface area contributed by atoms with Gasteiger partial charge in [0.25, 0.3) is 0 Å². The summed E-state index contributed by atoms with van der Waals surface area (Å²) in [6.45, 7) is 3.01. The van der Waals surface area contributed by atoms with Crippen LogP contribution < -0.4 is 4.74 Å². The Bertz CT molecular complexity index is 1020. The van der Waals surface area contributed by atoms with Gasteiger partial charge in [0, 0.05) is 0 Å². The average molecular weight is 408 g/mol. The van der Waals surface area contributed by atoms with Gasteiger partial charge in [0.2, 0.25) is 0 Å². The molecule has 0 heterocycles. The van der Waals surface area contributed by atoms with Crippen molar-refractivity contribution in [2.75, 3.05) is 6.61 Å². The van der Waals surface area contributed by atoms with E-state index in [-0.39, 0.29) is 0 Å². The van der Waals surface area contributed by atoms with Crippen molar-refractivity contribution in [3.8, 4) is 11.8 Å². The number of nitriles is 1. The molecule has 3 aromatic rings. The molecule has 3 aromatic carbocycles. The Morgan fingerprint density at radius 1 is 0.645 bits per heavy atom. The van der Waals surface area contributed by atoms with Gasteiger partial charge in [-0.3, -0.25) is 0 Å². The molecule has 0 N–H and O–H groups in total.